The van der Waals surface area contributed by atoms with Crippen molar-refractivity contribution >= 4 is 28.6 Å². The van der Waals surface area contributed by atoms with E-state index in [2.05, 4.69) is 20.4 Å². The van der Waals surface area contributed by atoms with Crippen LogP contribution < -0.4 is 5.32 Å². The zero-order chi connectivity index (χ0) is 17.9. The maximum absolute atomic E-state index is 12.3. The number of benzene rings is 1. The van der Waals surface area contributed by atoms with Gasteiger partial charge in [-0.2, -0.15) is 5.10 Å². The molecule has 0 spiro atoms. The average molecular weight is 381 g/mol. The number of nitrogens with one attached hydrogen (secondary N) is 1. The maximum atomic E-state index is 12.3. The van der Waals surface area contributed by atoms with Crippen LogP contribution in [0.25, 0.3) is 21.8 Å². The second-order valence-electron chi connectivity index (χ2n) is 5.62. The van der Waals surface area contributed by atoms with Crippen molar-refractivity contribution in [2.24, 2.45) is 7.05 Å². The molecule has 3 heterocycles. The summed E-state index contributed by atoms with van der Waals surface area (Å²) in [5, 5.41) is 12.4. The molecule has 1 aromatic carbocycles. The Hall–Kier alpha value is -2.84. The molecule has 0 saturated carbocycles. The normalized spacial score (nSPS) is 10.8. The fourth-order valence-corrected chi connectivity index (χ4v) is 3.94. The number of carbonyl (C=O) groups is 1. The van der Waals surface area contributed by atoms with Crippen LogP contribution in [0.3, 0.4) is 0 Å². The van der Waals surface area contributed by atoms with E-state index in [0.29, 0.717) is 12.2 Å². The van der Waals surface area contributed by atoms with Crippen LogP contribution in [0.1, 0.15) is 15.5 Å². The standard InChI is InChI=1S/C18H15N5OS2/c1-23-9-13(7-20-23)18-22-15(11-26-18)17(24)19-8-16-21-14(10-25-16)12-5-3-2-4-6-12/h2-7,9-11H,8H2,1H3,(H,19,24). The number of hydrogen-bond donors (Lipinski definition) is 1. The Bertz CT molecular complexity index is 1030. The Balaban J connectivity index is 1.40. The van der Waals surface area contributed by atoms with E-state index in [1.54, 1.807) is 16.3 Å². The minimum atomic E-state index is -0.201. The molecular formula is C18H15N5OS2. The van der Waals surface area contributed by atoms with Crippen LogP contribution in [-0.4, -0.2) is 25.7 Å². The van der Waals surface area contributed by atoms with Crippen LogP contribution in [0, 0.1) is 0 Å². The summed E-state index contributed by atoms with van der Waals surface area (Å²) in [7, 11) is 1.85. The van der Waals surface area contributed by atoms with Gasteiger partial charge in [0.05, 0.1) is 18.4 Å². The van der Waals surface area contributed by atoms with Crippen molar-refractivity contribution in [3.63, 3.8) is 0 Å². The molecule has 8 heteroatoms. The number of aryl methyl sites for hydroxylation is 1. The molecule has 0 bridgehead atoms. The van der Waals surface area contributed by atoms with Gasteiger partial charge in [0.25, 0.3) is 5.91 Å². The zero-order valence-electron chi connectivity index (χ0n) is 13.9. The molecule has 0 aliphatic carbocycles. The molecule has 1 amide bonds. The second kappa shape index (κ2) is 7.19. The van der Waals surface area contributed by atoms with Crippen molar-refractivity contribution in [3.8, 4) is 21.8 Å². The third kappa shape index (κ3) is 3.56. The molecule has 0 aliphatic rings. The lowest BCUT2D eigenvalue weighted by atomic mass is 10.2. The molecule has 26 heavy (non-hydrogen) atoms. The van der Waals surface area contributed by atoms with E-state index in [1.807, 2.05) is 49.0 Å². The summed E-state index contributed by atoms with van der Waals surface area (Å²) in [6, 6.07) is 9.99. The smallest absolute Gasteiger partial charge is 0.271 e. The predicted octanol–water partition coefficient (Wildman–Crippen LogP) is 3.60. The van der Waals surface area contributed by atoms with Crippen molar-refractivity contribution in [1.29, 1.82) is 0 Å². The van der Waals surface area contributed by atoms with E-state index in [4.69, 9.17) is 0 Å². The Kier molecular flexibility index (Phi) is 4.59. The molecule has 0 unspecified atom stereocenters. The van der Waals surface area contributed by atoms with E-state index < -0.39 is 0 Å². The third-order valence-corrected chi connectivity index (χ3v) is 5.45. The lowest BCUT2D eigenvalue weighted by Crippen LogP contribution is -2.23. The van der Waals surface area contributed by atoms with Gasteiger partial charge >= 0.3 is 0 Å². The van der Waals surface area contributed by atoms with Crippen molar-refractivity contribution in [1.82, 2.24) is 25.1 Å². The van der Waals surface area contributed by atoms with Gasteiger partial charge in [0.1, 0.15) is 15.7 Å². The Morgan fingerprint density at radius 1 is 1.12 bits per heavy atom. The van der Waals surface area contributed by atoms with E-state index in [1.165, 1.54) is 22.7 Å². The van der Waals surface area contributed by atoms with Crippen LogP contribution in [0.2, 0.25) is 0 Å². The SMILES string of the molecule is Cn1cc(-c2nc(C(=O)NCc3nc(-c4ccccc4)cs3)cs2)cn1. The summed E-state index contributed by atoms with van der Waals surface area (Å²) in [5.74, 6) is -0.201. The number of hydrogen-bond acceptors (Lipinski definition) is 6. The van der Waals surface area contributed by atoms with Gasteiger partial charge in [-0.15, -0.1) is 22.7 Å². The molecule has 0 radical (unpaired) electrons. The highest BCUT2D eigenvalue weighted by Crippen LogP contribution is 2.23. The predicted molar refractivity (Wildman–Crippen MR) is 103 cm³/mol. The first kappa shape index (κ1) is 16.6. The van der Waals surface area contributed by atoms with E-state index in [9.17, 15) is 4.79 Å². The van der Waals surface area contributed by atoms with Gasteiger partial charge in [-0.1, -0.05) is 30.3 Å². The summed E-state index contributed by atoms with van der Waals surface area (Å²) in [5.41, 5.74) is 3.31. The van der Waals surface area contributed by atoms with Crippen molar-refractivity contribution in [2.75, 3.05) is 0 Å². The van der Waals surface area contributed by atoms with Crippen molar-refractivity contribution in [2.45, 2.75) is 6.54 Å². The topological polar surface area (TPSA) is 72.7 Å². The van der Waals surface area contributed by atoms with Gasteiger partial charge in [-0.25, -0.2) is 9.97 Å². The Labute approximate surface area is 158 Å². The first-order valence-corrected chi connectivity index (χ1v) is 9.67. The Morgan fingerprint density at radius 2 is 1.96 bits per heavy atom. The number of nitrogens with zero attached hydrogens (tertiary/aromatic N) is 4. The number of rotatable bonds is 5. The molecule has 0 saturated heterocycles. The summed E-state index contributed by atoms with van der Waals surface area (Å²) >= 11 is 2.96. The minimum absolute atomic E-state index is 0.201. The molecule has 1 N–H and O–H groups in total. The fourth-order valence-electron chi connectivity index (χ4n) is 2.42. The van der Waals surface area contributed by atoms with Gasteiger partial charge in [-0.05, 0) is 0 Å². The molecule has 0 aliphatic heterocycles. The summed E-state index contributed by atoms with van der Waals surface area (Å²) in [6.45, 7) is 0.385. The second-order valence-corrected chi connectivity index (χ2v) is 7.42. The quantitative estimate of drug-likeness (QED) is 0.573. The molecule has 4 rings (SSSR count). The monoisotopic (exact) mass is 381 g/mol. The van der Waals surface area contributed by atoms with Crippen LogP contribution in [-0.2, 0) is 13.6 Å². The maximum Gasteiger partial charge on any atom is 0.271 e. The molecule has 130 valence electrons. The summed E-state index contributed by atoms with van der Waals surface area (Å²) < 4.78 is 1.71. The van der Waals surface area contributed by atoms with Crippen LogP contribution in [0.5, 0.6) is 0 Å². The van der Waals surface area contributed by atoms with Gasteiger partial charge in [0.15, 0.2) is 0 Å². The highest BCUT2D eigenvalue weighted by atomic mass is 32.1. The van der Waals surface area contributed by atoms with Gasteiger partial charge in [-0.3, -0.25) is 9.48 Å². The number of thiazole rings is 2. The van der Waals surface area contributed by atoms with E-state index in [-0.39, 0.29) is 5.91 Å². The highest BCUT2D eigenvalue weighted by Gasteiger charge is 2.13. The molecule has 6 nitrogen and oxygen atoms in total. The lowest BCUT2D eigenvalue weighted by Gasteiger charge is -2.00. The lowest BCUT2D eigenvalue weighted by molar-refractivity contribution is 0.0946. The number of amides is 1. The first-order valence-electron chi connectivity index (χ1n) is 7.91. The van der Waals surface area contributed by atoms with Crippen LogP contribution >= 0.6 is 22.7 Å². The zero-order valence-corrected chi connectivity index (χ0v) is 15.5. The molecule has 0 atom stereocenters. The average Bonchev–Trinajstić information content (AvgIpc) is 3.40. The Morgan fingerprint density at radius 3 is 2.73 bits per heavy atom. The first-order chi connectivity index (χ1) is 12.7. The van der Waals surface area contributed by atoms with Crippen molar-refractivity contribution < 1.29 is 4.79 Å². The fraction of sp³-hybridized carbons (Fsp3) is 0.111. The summed E-state index contributed by atoms with van der Waals surface area (Å²) in [6.07, 6.45) is 3.61. The molecule has 4 aromatic rings. The number of carbonyl (C=O) groups excluding carboxylic acids is 1. The summed E-state index contributed by atoms with van der Waals surface area (Å²) in [4.78, 5) is 21.3. The van der Waals surface area contributed by atoms with Crippen molar-refractivity contribution in [3.05, 3.63) is 64.2 Å². The van der Waals surface area contributed by atoms with E-state index >= 15 is 0 Å². The third-order valence-electron chi connectivity index (χ3n) is 3.71. The largest absolute Gasteiger partial charge is 0.344 e. The molecular weight excluding hydrogens is 366 g/mol. The van der Waals surface area contributed by atoms with Crippen LogP contribution in [0.15, 0.2) is 53.5 Å². The van der Waals surface area contributed by atoms with Crippen LogP contribution in [0.4, 0.5) is 0 Å². The minimum Gasteiger partial charge on any atom is -0.344 e. The van der Waals surface area contributed by atoms with E-state index in [0.717, 1.165) is 26.8 Å². The van der Waals surface area contributed by atoms with Gasteiger partial charge in [0.2, 0.25) is 0 Å². The highest BCUT2D eigenvalue weighted by molar-refractivity contribution is 7.13. The molecule has 0 fully saturated rings. The molecule has 3 aromatic heterocycles. The van der Waals surface area contributed by atoms with Gasteiger partial charge in [0, 0.05) is 35.1 Å². The number of aromatic nitrogens is 4. The van der Waals surface area contributed by atoms with Gasteiger partial charge < -0.3 is 5.32 Å².